The van der Waals surface area contributed by atoms with Gasteiger partial charge in [-0.05, 0) is 81.8 Å². The number of carbonyl (C=O) groups is 2. The molecule has 1 aromatic carbocycles. The molecule has 2 atom stereocenters. The van der Waals surface area contributed by atoms with Gasteiger partial charge in [0.2, 0.25) is 0 Å². The molecule has 9 nitrogen and oxygen atoms in total. The number of pyridine rings is 1. The average molecular weight is 516 g/mol. The number of nitrogens with zero attached hydrogens (tertiary/aromatic N) is 5. The zero-order chi connectivity index (χ0) is 27.4. The van der Waals surface area contributed by atoms with Gasteiger partial charge in [-0.3, -0.25) is 19.5 Å². The Morgan fingerprint density at radius 3 is 2.58 bits per heavy atom. The number of amides is 2. The Hall–Kier alpha value is -3.85. The highest BCUT2D eigenvalue weighted by Gasteiger charge is 2.31. The molecular weight excluding hydrogens is 478 g/mol. The first-order valence-corrected chi connectivity index (χ1v) is 13.0. The van der Waals surface area contributed by atoms with Crippen LogP contribution < -0.4 is 11.5 Å². The number of rotatable bonds is 6. The predicted molar refractivity (Wildman–Crippen MR) is 151 cm³/mol. The van der Waals surface area contributed by atoms with Crippen molar-refractivity contribution in [3.8, 4) is 0 Å². The molecule has 0 saturated carbocycles. The minimum atomic E-state index is -0.641. The van der Waals surface area contributed by atoms with E-state index in [-0.39, 0.29) is 17.6 Å². The maximum atomic E-state index is 13.1. The summed E-state index contributed by atoms with van der Waals surface area (Å²) in [6.07, 6.45) is 5.11. The molecule has 1 fully saturated rings. The molecule has 0 radical (unpaired) electrons. The second-order valence-electron chi connectivity index (χ2n) is 10.5. The highest BCUT2D eigenvalue weighted by atomic mass is 16.2. The lowest BCUT2D eigenvalue weighted by Gasteiger charge is -2.39. The van der Waals surface area contributed by atoms with Crippen LogP contribution in [0.15, 0.2) is 57.8 Å². The molecule has 2 aliphatic heterocycles. The summed E-state index contributed by atoms with van der Waals surface area (Å²) >= 11 is 0. The minimum absolute atomic E-state index is 0.0875. The van der Waals surface area contributed by atoms with Crippen LogP contribution in [0.2, 0.25) is 0 Å². The Kier molecular flexibility index (Phi) is 8.36. The summed E-state index contributed by atoms with van der Waals surface area (Å²) in [7, 11) is 0. The number of aromatic nitrogens is 1. The molecule has 4 rings (SSSR count). The first kappa shape index (κ1) is 27.2. The van der Waals surface area contributed by atoms with Crippen molar-refractivity contribution in [3.63, 3.8) is 0 Å². The Morgan fingerprint density at radius 2 is 1.89 bits per heavy atom. The number of aliphatic imine (C=N–C) groups is 2. The van der Waals surface area contributed by atoms with E-state index in [2.05, 4.69) is 46.7 Å². The quantitative estimate of drug-likeness (QED) is 0.450. The van der Waals surface area contributed by atoms with E-state index in [0.717, 1.165) is 49.4 Å². The number of benzene rings is 1. The lowest BCUT2D eigenvalue weighted by Crippen LogP contribution is -2.46. The lowest BCUT2D eigenvalue weighted by atomic mass is 9.90. The summed E-state index contributed by atoms with van der Waals surface area (Å²) in [5.74, 6) is 0.420. The number of likely N-dealkylation sites (tertiary alicyclic amines) is 1. The van der Waals surface area contributed by atoms with Gasteiger partial charge in [0.25, 0.3) is 11.8 Å². The van der Waals surface area contributed by atoms with E-state index in [9.17, 15) is 9.59 Å². The fourth-order valence-corrected chi connectivity index (χ4v) is 5.36. The van der Waals surface area contributed by atoms with Crippen LogP contribution in [0.25, 0.3) is 0 Å². The number of hydrogen-bond donors (Lipinski definition) is 2. The maximum Gasteiger partial charge on any atom is 0.267 e. The van der Waals surface area contributed by atoms with Gasteiger partial charge in [-0.2, -0.15) is 0 Å². The molecule has 9 heteroatoms. The minimum Gasteiger partial charge on any atom is -0.401 e. The summed E-state index contributed by atoms with van der Waals surface area (Å²) < 4.78 is 0. The molecule has 0 aliphatic carbocycles. The Bertz CT molecular complexity index is 1290. The molecule has 0 spiro atoms. The first-order chi connectivity index (χ1) is 18.1. The SMILES string of the molecule is CC(N=CC1=C(N)CN(C[C@@H]2CCN(C(=O)c3ccnc(C(N)=O)c3)[C@H](C)C2)C1)=Nc1cc(C)cc(C)c1. The normalized spacial score (nSPS) is 20.9. The molecule has 2 amide bonds. The number of amidine groups is 1. The second kappa shape index (κ2) is 11.7. The van der Waals surface area contributed by atoms with Crippen molar-refractivity contribution in [3.05, 3.63) is 70.2 Å². The largest absolute Gasteiger partial charge is 0.401 e. The monoisotopic (exact) mass is 515 g/mol. The number of piperidine rings is 1. The third-order valence-corrected chi connectivity index (χ3v) is 7.13. The van der Waals surface area contributed by atoms with Gasteiger partial charge in [0, 0.05) is 61.5 Å². The van der Waals surface area contributed by atoms with E-state index in [4.69, 9.17) is 11.5 Å². The van der Waals surface area contributed by atoms with Crippen LogP contribution in [0.4, 0.5) is 5.69 Å². The van der Waals surface area contributed by atoms with E-state index in [0.29, 0.717) is 23.9 Å². The first-order valence-electron chi connectivity index (χ1n) is 13.0. The smallest absolute Gasteiger partial charge is 0.267 e. The second-order valence-corrected chi connectivity index (χ2v) is 10.5. The van der Waals surface area contributed by atoms with Crippen LogP contribution >= 0.6 is 0 Å². The van der Waals surface area contributed by atoms with Gasteiger partial charge in [0.05, 0.1) is 5.69 Å². The number of nitrogens with two attached hydrogens (primary N) is 2. The highest BCUT2D eigenvalue weighted by Crippen LogP contribution is 2.27. The van der Waals surface area contributed by atoms with Crippen molar-refractivity contribution in [2.24, 2.45) is 27.4 Å². The Labute approximate surface area is 224 Å². The van der Waals surface area contributed by atoms with Gasteiger partial charge < -0.3 is 16.4 Å². The van der Waals surface area contributed by atoms with Gasteiger partial charge in [-0.25, -0.2) is 9.98 Å². The van der Waals surface area contributed by atoms with Crippen LogP contribution in [0, 0.1) is 19.8 Å². The van der Waals surface area contributed by atoms with Gasteiger partial charge in [0.15, 0.2) is 0 Å². The maximum absolute atomic E-state index is 13.1. The third-order valence-electron chi connectivity index (χ3n) is 7.13. The number of aryl methyl sites for hydroxylation is 2. The Morgan fingerprint density at radius 1 is 1.16 bits per heavy atom. The van der Waals surface area contributed by atoms with Gasteiger partial charge in [-0.15, -0.1) is 0 Å². The standard InChI is InChI=1S/C29H37N7O2/c1-18-9-19(2)11-25(10-18)34-21(4)33-14-24-16-35(17-26(24)30)15-22-6-8-36(20(3)12-22)29(38)23-5-7-32-27(13-23)28(31)37/h5,7,9-11,13-14,20,22H,6,8,12,15-17,30H2,1-4H3,(H2,31,37)/t20-,22-/m1/s1. The molecule has 200 valence electrons. The van der Waals surface area contributed by atoms with Crippen LogP contribution in [0.3, 0.4) is 0 Å². The van der Waals surface area contributed by atoms with E-state index in [1.165, 1.54) is 23.4 Å². The lowest BCUT2D eigenvalue weighted by molar-refractivity contribution is 0.0550. The van der Waals surface area contributed by atoms with Crippen molar-refractivity contribution in [1.29, 1.82) is 0 Å². The van der Waals surface area contributed by atoms with E-state index >= 15 is 0 Å². The number of hydrogen-bond acceptors (Lipinski definition) is 6. The fraction of sp³-hybridized carbons (Fsp3) is 0.414. The molecule has 1 saturated heterocycles. The van der Waals surface area contributed by atoms with E-state index < -0.39 is 5.91 Å². The molecule has 0 unspecified atom stereocenters. The van der Waals surface area contributed by atoms with Crippen LogP contribution in [0.5, 0.6) is 0 Å². The molecule has 0 bridgehead atoms. The zero-order valence-electron chi connectivity index (χ0n) is 22.6. The van der Waals surface area contributed by atoms with Crippen molar-refractivity contribution in [2.75, 3.05) is 26.2 Å². The van der Waals surface area contributed by atoms with E-state index in [1.54, 1.807) is 6.07 Å². The van der Waals surface area contributed by atoms with E-state index in [1.807, 2.05) is 30.2 Å². The average Bonchev–Trinajstić information content (AvgIpc) is 3.20. The highest BCUT2D eigenvalue weighted by molar-refractivity contribution is 5.98. The van der Waals surface area contributed by atoms with Crippen molar-refractivity contribution in [1.82, 2.24) is 14.8 Å². The molecule has 3 heterocycles. The topological polar surface area (TPSA) is 130 Å². The van der Waals surface area contributed by atoms with Crippen molar-refractivity contribution < 1.29 is 9.59 Å². The molecular formula is C29H37N7O2. The molecule has 38 heavy (non-hydrogen) atoms. The summed E-state index contributed by atoms with van der Waals surface area (Å²) in [6, 6.07) is 9.41. The summed E-state index contributed by atoms with van der Waals surface area (Å²) in [4.78, 5) is 41.9. The third kappa shape index (κ3) is 6.72. The van der Waals surface area contributed by atoms with Gasteiger partial charge >= 0.3 is 0 Å². The summed E-state index contributed by atoms with van der Waals surface area (Å²) in [6.45, 7) is 11.2. The summed E-state index contributed by atoms with van der Waals surface area (Å²) in [5.41, 5.74) is 17.4. The van der Waals surface area contributed by atoms with Crippen LogP contribution in [-0.2, 0) is 0 Å². The zero-order valence-corrected chi connectivity index (χ0v) is 22.6. The van der Waals surface area contributed by atoms with Crippen molar-refractivity contribution in [2.45, 2.75) is 46.6 Å². The fourth-order valence-electron chi connectivity index (χ4n) is 5.36. The molecule has 4 N–H and O–H groups in total. The van der Waals surface area contributed by atoms with Gasteiger partial charge in [-0.1, -0.05) is 6.07 Å². The number of carbonyl (C=O) groups excluding carboxylic acids is 2. The van der Waals surface area contributed by atoms with Crippen LogP contribution in [-0.4, -0.2) is 70.9 Å². The number of primary amides is 1. The molecule has 1 aromatic heterocycles. The van der Waals surface area contributed by atoms with Crippen LogP contribution in [0.1, 0.15) is 58.7 Å². The Balaban J connectivity index is 1.30. The van der Waals surface area contributed by atoms with Crippen molar-refractivity contribution >= 4 is 29.6 Å². The molecule has 2 aromatic rings. The van der Waals surface area contributed by atoms with Gasteiger partial charge in [0.1, 0.15) is 11.5 Å². The predicted octanol–water partition coefficient (Wildman–Crippen LogP) is 3.39. The summed E-state index contributed by atoms with van der Waals surface area (Å²) in [5, 5.41) is 0. The molecule has 2 aliphatic rings.